The fourth-order valence-corrected chi connectivity index (χ4v) is 2.42. The lowest BCUT2D eigenvalue weighted by atomic mass is 9.98. The van der Waals surface area contributed by atoms with E-state index in [1.807, 2.05) is 36.4 Å². The number of hydrogen-bond acceptors (Lipinski definition) is 4. The maximum atomic E-state index is 12.4. The molecule has 0 fully saturated rings. The van der Waals surface area contributed by atoms with Gasteiger partial charge in [0.05, 0.1) is 0 Å². The fourth-order valence-electron chi connectivity index (χ4n) is 2.42. The second-order valence-electron chi connectivity index (χ2n) is 6.07. The Balaban J connectivity index is 2.08. The van der Waals surface area contributed by atoms with E-state index in [0.29, 0.717) is 22.9 Å². The molecule has 0 aromatic heterocycles. The molecule has 2 aromatic rings. The summed E-state index contributed by atoms with van der Waals surface area (Å²) in [6.07, 6.45) is 2.56. The highest BCUT2D eigenvalue weighted by molar-refractivity contribution is 6.09. The Kier molecular flexibility index (Phi) is 7.16. The van der Waals surface area contributed by atoms with E-state index in [2.05, 4.69) is 19.2 Å². The molecule has 136 valence electrons. The van der Waals surface area contributed by atoms with Crippen LogP contribution in [0, 0.1) is 22.7 Å². The first-order valence-electron chi connectivity index (χ1n) is 8.70. The van der Waals surface area contributed by atoms with Gasteiger partial charge >= 0.3 is 0 Å². The van der Waals surface area contributed by atoms with Crippen molar-refractivity contribution in [2.75, 3.05) is 11.9 Å². The third kappa shape index (κ3) is 5.73. The molecular formula is C22H21N3O2. The number of carbonyl (C=O) groups is 1. The maximum absolute atomic E-state index is 12.4. The second kappa shape index (κ2) is 9.79. The Morgan fingerprint density at radius 1 is 1.15 bits per heavy atom. The summed E-state index contributed by atoms with van der Waals surface area (Å²) in [5.74, 6) is 0.557. The lowest BCUT2D eigenvalue weighted by Crippen LogP contribution is -2.13. The van der Waals surface area contributed by atoms with Crippen LogP contribution < -0.4 is 10.1 Å². The van der Waals surface area contributed by atoms with E-state index in [-0.39, 0.29) is 12.2 Å². The van der Waals surface area contributed by atoms with Crippen molar-refractivity contribution >= 4 is 17.7 Å². The number of anilines is 1. The Bertz CT molecular complexity index is 885. The molecule has 1 N–H and O–H groups in total. The zero-order chi connectivity index (χ0) is 19.6. The fraction of sp³-hybridized carbons (Fsp3) is 0.227. The monoisotopic (exact) mass is 359 g/mol. The molecule has 1 atom stereocenters. The third-order valence-corrected chi connectivity index (χ3v) is 4.21. The molecule has 5 nitrogen and oxygen atoms in total. The number of hydrogen-bond donors (Lipinski definition) is 1. The van der Waals surface area contributed by atoms with Crippen molar-refractivity contribution < 1.29 is 9.53 Å². The van der Waals surface area contributed by atoms with Gasteiger partial charge in [-0.1, -0.05) is 38.1 Å². The normalized spacial score (nSPS) is 11.8. The molecule has 0 bridgehead atoms. The van der Waals surface area contributed by atoms with Crippen molar-refractivity contribution in [1.82, 2.24) is 0 Å². The van der Waals surface area contributed by atoms with Gasteiger partial charge in [0.2, 0.25) is 0 Å². The molecule has 0 aliphatic heterocycles. The highest BCUT2D eigenvalue weighted by atomic mass is 16.5. The summed E-state index contributed by atoms with van der Waals surface area (Å²) in [4.78, 5) is 12.4. The summed E-state index contributed by atoms with van der Waals surface area (Å²) in [6, 6.07) is 18.3. The average Bonchev–Trinajstić information content (AvgIpc) is 2.71. The van der Waals surface area contributed by atoms with Crippen LogP contribution in [0.4, 0.5) is 5.69 Å². The lowest BCUT2D eigenvalue weighted by molar-refractivity contribution is -0.112. The van der Waals surface area contributed by atoms with Crippen molar-refractivity contribution in [3.63, 3.8) is 0 Å². The second-order valence-corrected chi connectivity index (χ2v) is 6.07. The molecule has 2 rings (SSSR count). The molecule has 0 heterocycles. The number of nitrogens with one attached hydrogen (secondary N) is 1. The van der Waals surface area contributed by atoms with Crippen LogP contribution in [0.5, 0.6) is 5.75 Å². The summed E-state index contributed by atoms with van der Waals surface area (Å²) in [5, 5.41) is 20.6. The minimum atomic E-state index is -0.460. The predicted octanol–water partition coefficient (Wildman–Crippen LogP) is 4.65. The van der Waals surface area contributed by atoms with Crippen LogP contribution in [-0.4, -0.2) is 12.5 Å². The first kappa shape index (κ1) is 19.8. The number of nitriles is 2. The van der Waals surface area contributed by atoms with Gasteiger partial charge in [0.15, 0.2) is 6.61 Å². The smallest absolute Gasteiger partial charge is 0.266 e. The number of carbonyl (C=O) groups excluding carboxylic acids is 1. The van der Waals surface area contributed by atoms with E-state index in [1.54, 1.807) is 24.3 Å². The maximum Gasteiger partial charge on any atom is 0.266 e. The summed E-state index contributed by atoms with van der Waals surface area (Å²) >= 11 is 0. The molecule has 1 amide bonds. The first-order chi connectivity index (χ1) is 13.1. The molecule has 2 aromatic carbocycles. The Morgan fingerprint density at radius 3 is 2.37 bits per heavy atom. The SMILES string of the molecule is CC[C@@H](C)c1ccc(NC(=O)/C(C#N)=C/c2ccc(OCC#N)cc2)cc1. The van der Waals surface area contributed by atoms with Crippen LogP contribution >= 0.6 is 0 Å². The standard InChI is InChI=1S/C22H21N3O2/c1-3-16(2)18-6-8-20(9-7-18)25-22(26)19(15-24)14-17-4-10-21(11-5-17)27-13-12-23/h4-11,14,16H,3,13H2,1-2H3,(H,25,26)/b19-14+/t16-/m1/s1. The number of benzene rings is 2. The van der Waals surface area contributed by atoms with Gasteiger partial charge in [-0.3, -0.25) is 4.79 Å². The van der Waals surface area contributed by atoms with Crippen LogP contribution in [0.2, 0.25) is 0 Å². The molecule has 0 aliphatic rings. The van der Waals surface area contributed by atoms with Crippen LogP contribution in [0.15, 0.2) is 54.1 Å². The molecule has 0 saturated carbocycles. The molecule has 0 spiro atoms. The average molecular weight is 359 g/mol. The van der Waals surface area contributed by atoms with E-state index in [1.165, 1.54) is 11.6 Å². The van der Waals surface area contributed by atoms with Crippen molar-refractivity contribution in [3.05, 3.63) is 65.2 Å². The van der Waals surface area contributed by atoms with E-state index < -0.39 is 5.91 Å². The highest BCUT2D eigenvalue weighted by Crippen LogP contribution is 2.21. The van der Waals surface area contributed by atoms with Gasteiger partial charge < -0.3 is 10.1 Å². The van der Waals surface area contributed by atoms with Crippen molar-refractivity contribution in [3.8, 4) is 17.9 Å². The Labute approximate surface area is 159 Å². The summed E-state index contributed by atoms with van der Waals surface area (Å²) < 4.78 is 5.18. The molecule has 0 aliphatic carbocycles. The number of amides is 1. The van der Waals surface area contributed by atoms with E-state index in [9.17, 15) is 10.1 Å². The molecule has 0 saturated heterocycles. The van der Waals surface area contributed by atoms with Gasteiger partial charge in [0, 0.05) is 5.69 Å². The summed E-state index contributed by atoms with van der Waals surface area (Å²) in [7, 11) is 0. The third-order valence-electron chi connectivity index (χ3n) is 4.21. The van der Waals surface area contributed by atoms with Gasteiger partial charge in [-0.2, -0.15) is 10.5 Å². The molecule has 0 radical (unpaired) electrons. The zero-order valence-electron chi connectivity index (χ0n) is 15.4. The van der Waals surface area contributed by atoms with Gasteiger partial charge in [-0.05, 0) is 53.8 Å². The van der Waals surface area contributed by atoms with Crippen molar-refractivity contribution in [2.24, 2.45) is 0 Å². The van der Waals surface area contributed by atoms with Crippen LogP contribution in [0.1, 0.15) is 37.3 Å². The first-order valence-corrected chi connectivity index (χ1v) is 8.70. The summed E-state index contributed by atoms with van der Waals surface area (Å²) in [6.45, 7) is 4.25. The minimum Gasteiger partial charge on any atom is -0.479 e. The quantitative estimate of drug-likeness (QED) is 0.576. The summed E-state index contributed by atoms with van der Waals surface area (Å²) in [5.41, 5.74) is 2.56. The topological polar surface area (TPSA) is 85.9 Å². The van der Waals surface area contributed by atoms with Gasteiger partial charge in [0.25, 0.3) is 5.91 Å². The van der Waals surface area contributed by atoms with E-state index in [4.69, 9.17) is 10.00 Å². The van der Waals surface area contributed by atoms with E-state index >= 15 is 0 Å². The molecular weight excluding hydrogens is 338 g/mol. The Morgan fingerprint density at radius 2 is 1.81 bits per heavy atom. The van der Waals surface area contributed by atoms with Crippen molar-refractivity contribution in [2.45, 2.75) is 26.2 Å². The zero-order valence-corrected chi connectivity index (χ0v) is 15.4. The van der Waals surface area contributed by atoms with Crippen LogP contribution in [0.3, 0.4) is 0 Å². The molecule has 0 unspecified atom stereocenters. The Hall–Kier alpha value is -3.57. The minimum absolute atomic E-state index is 0.00620. The van der Waals surface area contributed by atoms with Crippen LogP contribution in [0.25, 0.3) is 6.08 Å². The van der Waals surface area contributed by atoms with E-state index in [0.717, 1.165) is 6.42 Å². The van der Waals surface area contributed by atoms with Gasteiger partial charge in [-0.15, -0.1) is 0 Å². The van der Waals surface area contributed by atoms with Gasteiger partial charge in [0.1, 0.15) is 23.5 Å². The largest absolute Gasteiger partial charge is 0.479 e. The highest BCUT2D eigenvalue weighted by Gasteiger charge is 2.10. The van der Waals surface area contributed by atoms with Gasteiger partial charge in [-0.25, -0.2) is 0 Å². The van der Waals surface area contributed by atoms with Crippen LogP contribution in [-0.2, 0) is 4.79 Å². The van der Waals surface area contributed by atoms with Crippen molar-refractivity contribution in [1.29, 1.82) is 10.5 Å². The molecule has 5 heteroatoms. The number of nitrogens with zero attached hydrogens (tertiary/aromatic N) is 2. The lowest BCUT2D eigenvalue weighted by Gasteiger charge is -2.10. The number of ether oxygens (including phenoxy) is 1. The number of rotatable bonds is 7. The molecule has 27 heavy (non-hydrogen) atoms. The predicted molar refractivity (Wildman–Crippen MR) is 105 cm³/mol.